The van der Waals surface area contributed by atoms with Crippen LogP contribution in [0.25, 0.3) is 0 Å². The van der Waals surface area contributed by atoms with Gasteiger partial charge in [-0.15, -0.1) is 0 Å². The first-order valence-electron chi connectivity index (χ1n) is 17.8. The summed E-state index contributed by atoms with van der Waals surface area (Å²) in [5.74, 6) is -0.0400. The number of carbonyl (C=O) groups is 1. The summed E-state index contributed by atoms with van der Waals surface area (Å²) in [4.78, 5) is 16.9. The van der Waals surface area contributed by atoms with Crippen molar-refractivity contribution in [2.24, 2.45) is 5.92 Å². The average molecular weight is 643 g/mol. The van der Waals surface area contributed by atoms with Crippen LogP contribution >= 0.6 is 0 Å². The molecular formula is C36H55FN4O3S. The third kappa shape index (κ3) is 8.58. The van der Waals surface area contributed by atoms with Crippen LogP contribution in [0.3, 0.4) is 0 Å². The van der Waals surface area contributed by atoms with E-state index < -0.39 is 15.8 Å². The van der Waals surface area contributed by atoms with Crippen molar-refractivity contribution in [2.75, 3.05) is 26.2 Å². The number of nitrogens with one attached hydrogen (secondary N) is 3. The smallest absolute Gasteiger partial charge is 0.267 e. The van der Waals surface area contributed by atoms with E-state index in [4.69, 9.17) is 0 Å². The van der Waals surface area contributed by atoms with Gasteiger partial charge in [0.2, 0.25) is 10.0 Å². The zero-order valence-electron chi connectivity index (χ0n) is 27.4. The first kappa shape index (κ1) is 34.1. The Morgan fingerprint density at radius 2 is 1.62 bits per heavy atom. The van der Waals surface area contributed by atoms with E-state index in [1.807, 2.05) is 0 Å². The zero-order chi connectivity index (χ0) is 31.7. The van der Waals surface area contributed by atoms with Gasteiger partial charge in [-0.2, -0.15) is 4.31 Å². The number of H-pyrrole nitrogens is 1. The number of hydrogen-bond acceptors (Lipinski definition) is 4. The normalized spacial score (nSPS) is 20.9. The number of halogens is 1. The largest absolute Gasteiger partial charge is 0.354 e. The Morgan fingerprint density at radius 3 is 2.29 bits per heavy atom. The summed E-state index contributed by atoms with van der Waals surface area (Å²) in [5, 5.41) is 6.84. The SMILES string of the molecule is Cc1c(F)cccc1S(=O)(=O)N1CCC(CCCCNC(=O)c2cc3c([nH]2)C2(CCCCCCCCCCCC2)CNC3)CC1. The van der Waals surface area contributed by atoms with Crippen molar-refractivity contribution < 1.29 is 17.6 Å². The van der Waals surface area contributed by atoms with Crippen molar-refractivity contribution in [1.82, 2.24) is 19.9 Å². The van der Waals surface area contributed by atoms with E-state index in [2.05, 4.69) is 21.7 Å². The van der Waals surface area contributed by atoms with Gasteiger partial charge < -0.3 is 15.6 Å². The summed E-state index contributed by atoms with van der Waals surface area (Å²) in [6, 6.07) is 6.33. The van der Waals surface area contributed by atoms with Crippen LogP contribution < -0.4 is 10.6 Å². The van der Waals surface area contributed by atoms with Gasteiger partial charge in [0.25, 0.3) is 5.91 Å². The molecule has 7 nitrogen and oxygen atoms in total. The van der Waals surface area contributed by atoms with Gasteiger partial charge in [0.15, 0.2) is 0 Å². The van der Waals surface area contributed by atoms with E-state index in [1.54, 1.807) is 0 Å². The fourth-order valence-electron chi connectivity index (χ4n) is 7.95. The maximum atomic E-state index is 14.0. The van der Waals surface area contributed by atoms with E-state index in [1.165, 1.54) is 118 Å². The van der Waals surface area contributed by atoms with Gasteiger partial charge in [-0.25, -0.2) is 12.8 Å². The molecule has 9 heteroatoms. The third-order valence-electron chi connectivity index (χ3n) is 10.7. The number of benzene rings is 1. The highest BCUT2D eigenvalue weighted by Crippen LogP contribution is 2.40. The van der Waals surface area contributed by atoms with E-state index in [-0.39, 0.29) is 21.8 Å². The van der Waals surface area contributed by atoms with Crippen molar-refractivity contribution in [1.29, 1.82) is 0 Å². The first-order chi connectivity index (χ1) is 21.8. The van der Waals surface area contributed by atoms with E-state index in [0.717, 1.165) is 45.2 Å². The Labute approximate surface area is 270 Å². The van der Waals surface area contributed by atoms with E-state index in [0.29, 0.717) is 31.2 Å². The lowest BCUT2D eigenvalue weighted by molar-refractivity contribution is 0.0948. The van der Waals surface area contributed by atoms with Crippen molar-refractivity contribution in [3.05, 3.63) is 52.6 Å². The molecule has 1 spiro atoms. The van der Waals surface area contributed by atoms with Gasteiger partial charge in [-0.1, -0.05) is 83.1 Å². The van der Waals surface area contributed by atoms with Gasteiger partial charge in [-0.05, 0) is 68.7 Å². The Bertz CT molecular complexity index is 1350. The number of aromatic amines is 1. The van der Waals surface area contributed by atoms with Gasteiger partial charge in [0, 0.05) is 49.4 Å². The number of rotatable bonds is 8. The maximum absolute atomic E-state index is 14.0. The molecule has 1 saturated heterocycles. The minimum Gasteiger partial charge on any atom is -0.354 e. The second-order valence-electron chi connectivity index (χ2n) is 14.0. The third-order valence-corrected chi connectivity index (χ3v) is 12.8. The number of fused-ring (bicyclic) bond motifs is 2. The fraction of sp³-hybridized carbons (Fsp3) is 0.694. The summed E-state index contributed by atoms with van der Waals surface area (Å²) >= 11 is 0. The Kier molecular flexibility index (Phi) is 12.2. The molecule has 2 aliphatic heterocycles. The molecule has 1 aromatic heterocycles. The predicted octanol–water partition coefficient (Wildman–Crippen LogP) is 7.50. The minimum atomic E-state index is -3.69. The predicted molar refractivity (Wildman–Crippen MR) is 178 cm³/mol. The molecule has 2 fully saturated rings. The molecular weight excluding hydrogens is 587 g/mol. The lowest BCUT2D eigenvalue weighted by atomic mass is 9.72. The second-order valence-corrected chi connectivity index (χ2v) is 15.9. The molecule has 3 N–H and O–H groups in total. The van der Waals surface area contributed by atoms with E-state index in [9.17, 15) is 17.6 Å². The molecule has 1 saturated carbocycles. The molecule has 5 rings (SSSR count). The molecule has 2 aromatic rings. The first-order valence-corrected chi connectivity index (χ1v) is 19.2. The molecule has 3 heterocycles. The molecule has 1 amide bonds. The van der Waals surface area contributed by atoms with Crippen LogP contribution in [0.4, 0.5) is 4.39 Å². The highest BCUT2D eigenvalue weighted by molar-refractivity contribution is 7.89. The van der Waals surface area contributed by atoms with Crippen LogP contribution in [0.5, 0.6) is 0 Å². The van der Waals surface area contributed by atoms with Crippen molar-refractivity contribution in [3.63, 3.8) is 0 Å². The van der Waals surface area contributed by atoms with Gasteiger partial charge in [0.05, 0.1) is 4.90 Å². The Balaban J connectivity index is 1.07. The lowest BCUT2D eigenvalue weighted by Crippen LogP contribution is -2.43. The minimum absolute atomic E-state index is 0.0182. The molecule has 3 aliphatic rings. The number of nitrogens with zero attached hydrogens (tertiary/aromatic N) is 1. The number of unbranched alkanes of at least 4 members (excludes halogenated alkanes) is 1. The molecule has 0 atom stereocenters. The van der Waals surface area contributed by atoms with Crippen LogP contribution in [-0.4, -0.2) is 49.8 Å². The Morgan fingerprint density at radius 1 is 0.978 bits per heavy atom. The Hall–Kier alpha value is -2.23. The topological polar surface area (TPSA) is 94.3 Å². The molecule has 45 heavy (non-hydrogen) atoms. The van der Waals surface area contributed by atoms with Crippen LogP contribution in [-0.2, 0) is 22.0 Å². The summed E-state index contributed by atoms with van der Waals surface area (Å²) in [7, 11) is -3.69. The number of hydrogen-bond donors (Lipinski definition) is 3. The number of aromatic nitrogens is 1. The molecule has 0 radical (unpaired) electrons. The van der Waals surface area contributed by atoms with Crippen molar-refractivity contribution >= 4 is 15.9 Å². The molecule has 0 bridgehead atoms. The van der Waals surface area contributed by atoms with Crippen LogP contribution in [0, 0.1) is 18.7 Å². The van der Waals surface area contributed by atoms with Crippen LogP contribution in [0.1, 0.15) is 136 Å². The van der Waals surface area contributed by atoms with Gasteiger partial charge >= 0.3 is 0 Å². The summed E-state index contributed by atoms with van der Waals surface area (Å²) in [5.41, 5.74) is 3.54. The number of amides is 1. The molecule has 0 unspecified atom stereocenters. The summed E-state index contributed by atoms with van der Waals surface area (Å²) in [6.45, 7) is 4.91. The lowest BCUT2D eigenvalue weighted by Gasteiger charge is -2.38. The van der Waals surface area contributed by atoms with E-state index >= 15 is 0 Å². The maximum Gasteiger partial charge on any atom is 0.267 e. The average Bonchev–Trinajstić information content (AvgIpc) is 3.49. The number of sulfonamides is 1. The monoisotopic (exact) mass is 642 g/mol. The highest BCUT2D eigenvalue weighted by atomic mass is 32.2. The van der Waals surface area contributed by atoms with Gasteiger partial charge in [0.1, 0.15) is 11.5 Å². The summed E-state index contributed by atoms with van der Waals surface area (Å²) < 4.78 is 41.7. The molecule has 1 aliphatic carbocycles. The number of carbonyl (C=O) groups excluding carboxylic acids is 1. The quantitative estimate of drug-likeness (QED) is 0.260. The van der Waals surface area contributed by atoms with Crippen LogP contribution in [0.15, 0.2) is 29.2 Å². The van der Waals surface area contributed by atoms with Crippen molar-refractivity contribution in [3.8, 4) is 0 Å². The second kappa shape index (κ2) is 16.1. The standard InChI is InChI=1S/C36H55FN4O3S/c1-28-31(37)16-14-17-33(28)45(43,44)41-23-18-29(19-24-41)15-10-13-22-39-35(42)32-25-30-26-38-27-36(34(30)40-32)20-11-8-6-4-2-3-5-7-9-12-21-36/h14,16-17,25,29,38,40H,2-13,15,18-24,26-27H2,1H3,(H,39,42). The zero-order valence-corrected chi connectivity index (χ0v) is 28.2. The van der Waals surface area contributed by atoms with Crippen molar-refractivity contribution in [2.45, 2.75) is 133 Å². The molecule has 1 aromatic carbocycles. The van der Waals surface area contributed by atoms with Crippen LogP contribution in [0.2, 0.25) is 0 Å². The fourth-order valence-corrected chi connectivity index (χ4v) is 9.65. The van der Waals surface area contributed by atoms with Gasteiger partial charge in [-0.3, -0.25) is 4.79 Å². The summed E-state index contributed by atoms with van der Waals surface area (Å²) in [6.07, 6.45) is 20.2. The molecule has 250 valence electrons. The number of piperidine rings is 1. The highest BCUT2D eigenvalue weighted by Gasteiger charge is 2.38.